The van der Waals surface area contributed by atoms with E-state index in [1.54, 1.807) is 44.7 Å². The third-order valence-corrected chi connectivity index (χ3v) is 7.01. The van der Waals surface area contributed by atoms with Crippen molar-refractivity contribution in [2.75, 3.05) is 5.32 Å². The highest BCUT2D eigenvalue weighted by molar-refractivity contribution is 6.00. The molecule has 220 valence electrons. The number of hydrogen-bond donors (Lipinski definition) is 3. The Hall–Kier alpha value is -4.07. The lowest BCUT2D eigenvalue weighted by Gasteiger charge is -2.39. The fourth-order valence-corrected chi connectivity index (χ4v) is 4.67. The van der Waals surface area contributed by atoms with Crippen LogP contribution in [0, 0.1) is 12.8 Å². The van der Waals surface area contributed by atoms with E-state index in [-0.39, 0.29) is 17.7 Å². The van der Waals surface area contributed by atoms with Gasteiger partial charge in [-0.2, -0.15) is 0 Å². The molecule has 0 heterocycles. The van der Waals surface area contributed by atoms with E-state index in [4.69, 9.17) is 4.74 Å². The van der Waals surface area contributed by atoms with Crippen LogP contribution in [0.25, 0.3) is 10.8 Å². The molecule has 0 fully saturated rings. The van der Waals surface area contributed by atoms with Gasteiger partial charge < -0.3 is 25.4 Å². The number of aryl methyl sites for hydroxylation is 1. The Morgan fingerprint density at radius 1 is 0.951 bits per heavy atom. The van der Waals surface area contributed by atoms with Gasteiger partial charge in [-0.25, -0.2) is 4.79 Å². The summed E-state index contributed by atoms with van der Waals surface area (Å²) in [6.07, 6.45) is -0.133. The molecule has 0 aliphatic rings. The molecule has 3 N–H and O–H groups in total. The first-order valence-corrected chi connectivity index (χ1v) is 14.1. The van der Waals surface area contributed by atoms with Gasteiger partial charge in [-0.3, -0.25) is 9.59 Å². The van der Waals surface area contributed by atoms with Gasteiger partial charge in [0.15, 0.2) is 0 Å². The first-order valence-electron chi connectivity index (χ1n) is 14.1. The van der Waals surface area contributed by atoms with Gasteiger partial charge in [-0.1, -0.05) is 57.2 Å². The predicted molar refractivity (Wildman–Crippen MR) is 163 cm³/mol. The first kappa shape index (κ1) is 31.5. The fourth-order valence-electron chi connectivity index (χ4n) is 4.67. The Kier molecular flexibility index (Phi) is 10.0. The molecule has 0 saturated heterocycles. The summed E-state index contributed by atoms with van der Waals surface area (Å²) >= 11 is 0. The van der Waals surface area contributed by atoms with Gasteiger partial charge in [-0.05, 0) is 93.1 Å². The standard InChI is InChI=1S/C33H43N3O5/c1-9-22(5)36(31(39)28(20(2)3)35-32(40)41-33(6,7)8)29(25-15-17-27(37)21(4)18-25)30(38)34-26-16-14-23-12-10-11-13-24(23)19-26/h10-20,22,28-29,37H,9H2,1-8H3,(H,34,38)(H,35,40). The highest BCUT2D eigenvalue weighted by atomic mass is 16.6. The number of benzene rings is 3. The number of carbonyl (C=O) groups is 3. The molecule has 0 aliphatic carbocycles. The molecule has 3 unspecified atom stereocenters. The molecule has 0 bridgehead atoms. The third kappa shape index (κ3) is 7.99. The van der Waals surface area contributed by atoms with Crippen molar-refractivity contribution >= 4 is 34.4 Å². The highest BCUT2D eigenvalue weighted by Gasteiger charge is 2.39. The maximum atomic E-state index is 14.3. The Labute approximate surface area is 243 Å². The zero-order chi connectivity index (χ0) is 30.5. The average molecular weight is 562 g/mol. The number of carbonyl (C=O) groups excluding carboxylic acids is 3. The van der Waals surface area contributed by atoms with Crippen molar-refractivity contribution in [1.82, 2.24) is 10.2 Å². The topological polar surface area (TPSA) is 108 Å². The van der Waals surface area contributed by atoms with Gasteiger partial charge in [0.25, 0.3) is 5.91 Å². The van der Waals surface area contributed by atoms with E-state index in [1.165, 1.54) is 6.07 Å². The number of rotatable bonds is 9. The van der Waals surface area contributed by atoms with Gasteiger partial charge >= 0.3 is 6.09 Å². The van der Waals surface area contributed by atoms with Crippen LogP contribution in [0.3, 0.4) is 0 Å². The van der Waals surface area contributed by atoms with Gasteiger partial charge in [-0.15, -0.1) is 0 Å². The quantitative estimate of drug-likeness (QED) is 0.269. The Bertz CT molecular complexity index is 1400. The van der Waals surface area contributed by atoms with Crippen LogP contribution in [-0.4, -0.2) is 45.6 Å². The van der Waals surface area contributed by atoms with Crippen LogP contribution < -0.4 is 10.6 Å². The largest absolute Gasteiger partial charge is 0.508 e. The lowest BCUT2D eigenvalue weighted by Crippen LogP contribution is -2.56. The molecule has 0 aliphatic heterocycles. The average Bonchev–Trinajstić information content (AvgIpc) is 2.90. The Balaban J connectivity index is 2.07. The minimum Gasteiger partial charge on any atom is -0.508 e. The van der Waals surface area contributed by atoms with Gasteiger partial charge in [0.05, 0.1) is 0 Å². The van der Waals surface area contributed by atoms with Crippen molar-refractivity contribution in [2.24, 2.45) is 5.92 Å². The second-order valence-electron chi connectivity index (χ2n) is 11.9. The van der Waals surface area contributed by atoms with E-state index in [9.17, 15) is 19.5 Å². The third-order valence-electron chi connectivity index (χ3n) is 7.01. The van der Waals surface area contributed by atoms with E-state index in [1.807, 2.05) is 70.2 Å². The molecule has 0 radical (unpaired) electrons. The van der Waals surface area contributed by atoms with E-state index in [2.05, 4.69) is 10.6 Å². The molecule has 3 rings (SSSR count). The smallest absolute Gasteiger partial charge is 0.408 e. The van der Waals surface area contributed by atoms with E-state index >= 15 is 0 Å². The summed E-state index contributed by atoms with van der Waals surface area (Å²) in [5.41, 5.74) is 0.983. The van der Waals surface area contributed by atoms with Crippen molar-refractivity contribution in [3.63, 3.8) is 0 Å². The zero-order valence-electron chi connectivity index (χ0n) is 25.3. The minimum atomic E-state index is -1.04. The van der Waals surface area contributed by atoms with Crippen molar-refractivity contribution in [2.45, 2.75) is 85.5 Å². The lowest BCUT2D eigenvalue weighted by atomic mass is 9.95. The summed E-state index contributed by atoms with van der Waals surface area (Å²) in [5.74, 6) is -0.994. The number of nitrogens with one attached hydrogen (secondary N) is 2. The summed E-state index contributed by atoms with van der Waals surface area (Å²) in [6.45, 7) is 14.5. The minimum absolute atomic E-state index is 0.0931. The highest BCUT2D eigenvalue weighted by Crippen LogP contribution is 2.31. The van der Waals surface area contributed by atoms with Crippen LogP contribution in [0.5, 0.6) is 5.75 Å². The number of aromatic hydroxyl groups is 1. The number of hydrogen-bond acceptors (Lipinski definition) is 5. The van der Waals surface area contributed by atoms with Crippen LogP contribution in [-0.2, 0) is 14.3 Å². The molecular weight excluding hydrogens is 518 g/mol. The second kappa shape index (κ2) is 13.1. The SMILES string of the molecule is CCC(C)N(C(=O)C(NC(=O)OC(C)(C)C)C(C)C)C(C(=O)Nc1ccc2ccccc2c1)c1ccc(O)c(C)c1. The summed E-state index contributed by atoms with van der Waals surface area (Å²) < 4.78 is 5.44. The molecule has 0 aromatic heterocycles. The number of fused-ring (bicyclic) bond motifs is 1. The van der Waals surface area contributed by atoms with Crippen LogP contribution in [0.4, 0.5) is 10.5 Å². The first-order chi connectivity index (χ1) is 19.2. The molecule has 0 spiro atoms. The molecule has 8 nitrogen and oxygen atoms in total. The van der Waals surface area contributed by atoms with Crippen molar-refractivity contribution in [1.29, 1.82) is 0 Å². The predicted octanol–water partition coefficient (Wildman–Crippen LogP) is 6.71. The van der Waals surface area contributed by atoms with Crippen LogP contribution in [0.1, 0.15) is 72.1 Å². The van der Waals surface area contributed by atoms with Crippen LogP contribution in [0.15, 0.2) is 60.7 Å². The van der Waals surface area contributed by atoms with Crippen LogP contribution >= 0.6 is 0 Å². The fraction of sp³-hybridized carbons (Fsp3) is 0.424. The monoisotopic (exact) mass is 561 g/mol. The maximum absolute atomic E-state index is 14.3. The van der Waals surface area contributed by atoms with Gasteiger partial charge in [0.2, 0.25) is 5.91 Å². The van der Waals surface area contributed by atoms with Gasteiger partial charge in [0, 0.05) is 11.7 Å². The molecule has 3 atom stereocenters. The Morgan fingerprint density at radius 2 is 1.61 bits per heavy atom. The number of amides is 3. The zero-order valence-corrected chi connectivity index (χ0v) is 25.3. The summed E-state index contributed by atoms with van der Waals surface area (Å²) in [7, 11) is 0. The molecule has 3 amide bonds. The lowest BCUT2D eigenvalue weighted by molar-refractivity contribution is -0.144. The van der Waals surface area contributed by atoms with E-state index in [0.29, 0.717) is 23.2 Å². The summed E-state index contributed by atoms with van der Waals surface area (Å²) in [5, 5.41) is 18.0. The molecule has 3 aromatic carbocycles. The molecule has 41 heavy (non-hydrogen) atoms. The number of nitrogens with zero attached hydrogens (tertiary/aromatic N) is 1. The summed E-state index contributed by atoms with van der Waals surface area (Å²) in [4.78, 5) is 42.7. The molecule has 0 saturated carbocycles. The number of alkyl carbamates (subject to hydrolysis) is 1. The normalized spacial score (nSPS) is 13.8. The molecule has 8 heteroatoms. The second-order valence-corrected chi connectivity index (χ2v) is 11.9. The van der Waals surface area contributed by atoms with Crippen LogP contribution in [0.2, 0.25) is 0 Å². The van der Waals surface area contributed by atoms with E-state index < -0.39 is 35.6 Å². The Morgan fingerprint density at radius 3 is 2.20 bits per heavy atom. The number of phenols is 1. The number of anilines is 1. The number of phenolic OH excluding ortho intramolecular Hbond substituents is 1. The summed E-state index contributed by atoms with van der Waals surface area (Å²) in [6, 6.07) is 16.1. The van der Waals surface area contributed by atoms with Crippen molar-refractivity contribution < 1.29 is 24.2 Å². The van der Waals surface area contributed by atoms with Gasteiger partial charge in [0.1, 0.15) is 23.4 Å². The van der Waals surface area contributed by atoms with E-state index in [0.717, 1.165) is 10.8 Å². The maximum Gasteiger partial charge on any atom is 0.408 e. The molecular formula is C33H43N3O5. The molecule has 3 aromatic rings. The number of ether oxygens (including phenoxy) is 1. The van der Waals surface area contributed by atoms with Crippen molar-refractivity contribution in [3.05, 3.63) is 71.8 Å². The van der Waals surface area contributed by atoms with Crippen molar-refractivity contribution in [3.8, 4) is 5.75 Å².